The number of nitrogens with zero attached hydrogens (tertiary/aromatic N) is 1. The Bertz CT molecular complexity index is 728. The second kappa shape index (κ2) is 5.74. The van der Waals surface area contributed by atoms with E-state index in [4.69, 9.17) is 29.6 Å². The molecule has 5 nitrogen and oxygen atoms in total. The van der Waals surface area contributed by atoms with Crippen molar-refractivity contribution in [3.8, 4) is 0 Å². The van der Waals surface area contributed by atoms with Crippen LogP contribution in [0.5, 0.6) is 0 Å². The number of nitrogens with two attached hydrogens (primary N) is 1. The van der Waals surface area contributed by atoms with Crippen LogP contribution < -0.4 is 10.5 Å². The molecule has 0 fully saturated rings. The zero-order valence-electron chi connectivity index (χ0n) is 10.1. The molecule has 2 aromatic rings. The number of anilines is 1. The number of halogens is 1. The first-order valence-electron chi connectivity index (χ1n) is 5.43. The van der Waals surface area contributed by atoms with Gasteiger partial charge in [0, 0.05) is 16.9 Å². The number of rotatable bonds is 4. The Morgan fingerprint density at radius 1 is 1.20 bits per heavy atom. The van der Waals surface area contributed by atoms with E-state index in [1.807, 2.05) is 0 Å². The highest BCUT2D eigenvalue weighted by Crippen LogP contribution is 2.18. The predicted molar refractivity (Wildman–Crippen MR) is 82.4 cm³/mol. The van der Waals surface area contributed by atoms with Crippen molar-refractivity contribution in [3.05, 3.63) is 53.3 Å². The van der Waals surface area contributed by atoms with Crippen LogP contribution in [-0.2, 0) is 10.0 Å². The van der Waals surface area contributed by atoms with Crippen LogP contribution in [0.2, 0.25) is 5.02 Å². The quantitative estimate of drug-likeness (QED) is 0.841. The van der Waals surface area contributed by atoms with Crippen LogP contribution in [0.3, 0.4) is 0 Å². The van der Waals surface area contributed by atoms with Crippen LogP contribution >= 0.6 is 23.8 Å². The van der Waals surface area contributed by atoms with Crippen LogP contribution in [0.15, 0.2) is 47.5 Å². The normalized spacial score (nSPS) is 11.1. The van der Waals surface area contributed by atoms with Crippen LogP contribution in [-0.4, -0.2) is 18.4 Å². The maximum Gasteiger partial charge on any atom is 0.263 e. The van der Waals surface area contributed by atoms with Crippen molar-refractivity contribution in [2.24, 2.45) is 5.73 Å². The molecule has 104 valence electrons. The summed E-state index contributed by atoms with van der Waals surface area (Å²) in [6, 6.07) is 9.16. The van der Waals surface area contributed by atoms with Crippen LogP contribution in [0.25, 0.3) is 0 Å². The Hall–Kier alpha value is -1.70. The molecule has 8 heteroatoms. The fourth-order valence-electron chi connectivity index (χ4n) is 1.42. The third-order valence-corrected chi connectivity index (χ3v) is 4.22. The van der Waals surface area contributed by atoms with Crippen LogP contribution in [0.4, 0.5) is 5.69 Å². The van der Waals surface area contributed by atoms with Crippen molar-refractivity contribution in [2.45, 2.75) is 4.90 Å². The number of nitrogens with one attached hydrogen (secondary N) is 1. The number of hydrogen-bond donors (Lipinski definition) is 2. The monoisotopic (exact) mass is 327 g/mol. The highest BCUT2D eigenvalue weighted by atomic mass is 35.5. The molecule has 0 atom stereocenters. The van der Waals surface area contributed by atoms with Gasteiger partial charge in [-0.25, -0.2) is 8.42 Å². The van der Waals surface area contributed by atoms with E-state index >= 15 is 0 Å². The summed E-state index contributed by atoms with van der Waals surface area (Å²) in [5.41, 5.74) is 6.18. The van der Waals surface area contributed by atoms with Gasteiger partial charge in [-0.15, -0.1) is 0 Å². The first-order valence-corrected chi connectivity index (χ1v) is 7.70. The lowest BCUT2D eigenvalue weighted by Crippen LogP contribution is -2.15. The minimum absolute atomic E-state index is 0.0208. The maximum absolute atomic E-state index is 12.1. The van der Waals surface area contributed by atoms with Crippen molar-refractivity contribution >= 4 is 44.5 Å². The Labute approximate surface area is 126 Å². The minimum Gasteiger partial charge on any atom is -0.388 e. The molecular weight excluding hydrogens is 318 g/mol. The second-order valence-corrected chi connectivity index (χ2v) is 6.41. The molecule has 0 unspecified atom stereocenters. The summed E-state index contributed by atoms with van der Waals surface area (Å²) in [6.07, 6.45) is 1.20. The molecule has 1 aromatic heterocycles. The molecule has 0 bridgehead atoms. The average molecular weight is 328 g/mol. The van der Waals surface area contributed by atoms with Crippen molar-refractivity contribution in [3.63, 3.8) is 0 Å². The summed E-state index contributed by atoms with van der Waals surface area (Å²) < 4.78 is 26.7. The van der Waals surface area contributed by atoms with Gasteiger partial charge in [0.05, 0.1) is 5.69 Å². The van der Waals surface area contributed by atoms with E-state index in [-0.39, 0.29) is 9.88 Å². The summed E-state index contributed by atoms with van der Waals surface area (Å²) in [6.45, 7) is 0. The largest absolute Gasteiger partial charge is 0.388 e. The Morgan fingerprint density at radius 2 is 1.85 bits per heavy atom. The topological polar surface area (TPSA) is 85.1 Å². The van der Waals surface area contributed by atoms with Gasteiger partial charge in [0.25, 0.3) is 10.0 Å². The maximum atomic E-state index is 12.1. The first kappa shape index (κ1) is 14.7. The Balaban J connectivity index is 2.26. The number of benzene rings is 1. The molecule has 0 aliphatic carbocycles. The zero-order chi connectivity index (χ0) is 14.8. The fraction of sp³-hybridized carbons (Fsp3) is 0. The van der Waals surface area contributed by atoms with Gasteiger partial charge in [0.15, 0.2) is 0 Å². The number of thiocarbonyl (C=S) groups is 1. The standard InChI is InChI=1S/C12H10ClN3O2S2/c13-8-1-3-9(4-2-8)16-20(17,18)10-5-6-11(12(14)19)15-7-10/h1-7,16H,(H2,14,19). The first-order chi connectivity index (χ1) is 9.38. The summed E-state index contributed by atoms with van der Waals surface area (Å²) in [5, 5.41) is 0.524. The minimum atomic E-state index is -3.71. The third-order valence-electron chi connectivity index (χ3n) is 2.40. The number of aromatic nitrogens is 1. The smallest absolute Gasteiger partial charge is 0.263 e. The van der Waals surface area contributed by atoms with Crippen molar-refractivity contribution in [1.29, 1.82) is 0 Å². The van der Waals surface area contributed by atoms with Crippen molar-refractivity contribution in [2.75, 3.05) is 4.72 Å². The third kappa shape index (κ3) is 3.44. The molecule has 0 aliphatic rings. The molecule has 20 heavy (non-hydrogen) atoms. The summed E-state index contributed by atoms with van der Waals surface area (Å²) in [4.78, 5) is 4.03. The van der Waals surface area contributed by atoms with Gasteiger partial charge >= 0.3 is 0 Å². The van der Waals surface area contributed by atoms with Crippen molar-refractivity contribution in [1.82, 2.24) is 4.98 Å². The second-order valence-electron chi connectivity index (χ2n) is 3.86. The molecule has 0 saturated heterocycles. The Morgan fingerprint density at radius 3 is 2.35 bits per heavy atom. The van der Waals surface area contributed by atoms with Gasteiger partial charge in [0.2, 0.25) is 0 Å². The predicted octanol–water partition coefficient (Wildman–Crippen LogP) is 2.17. The molecule has 0 aliphatic heterocycles. The number of sulfonamides is 1. The van der Waals surface area contributed by atoms with E-state index in [1.165, 1.54) is 18.3 Å². The number of hydrogen-bond acceptors (Lipinski definition) is 4. The lowest BCUT2D eigenvalue weighted by atomic mass is 10.3. The SMILES string of the molecule is NC(=S)c1ccc(S(=O)(=O)Nc2ccc(Cl)cc2)cn1. The molecule has 0 amide bonds. The van der Waals surface area contributed by atoms with Crippen LogP contribution in [0, 0.1) is 0 Å². The Kier molecular flexibility index (Phi) is 4.22. The molecule has 1 aromatic carbocycles. The van der Waals surface area contributed by atoms with Gasteiger partial charge in [-0.1, -0.05) is 23.8 Å². The van der Waals surface area contributed by atoms with E-state index in [0.717, 1.165) is 0 Å². The number of pyridine rings is 1. The molecule has 3 N–H and O–H groups in total. The summed E-state index contributed by atoms with van der Waals surface area (Å²) >= 11 is 10.5. The van der Waals surface area contributed by atoms with Crippen molar-refractivity contribution < 1.29 is 8.42 Å². The van der Waals surface area contributed by atoms with E-state index in [1.54, 1.807) is 24.3 Å². The molecule has 0 spiro atoms. The summed E-state index contributed by atoms with van der Waals surface area (Å²) in [5.74, 6) is 0. The van der Waals surface area contributed by atoms with Gasteiger partial charge < -0.3 is 5.73 Å². The summed E-state index contributed by atoms with van der Waals surface area (Å²) in [7, 11) is -3.71. The average Bonchev–Trinajstić information content (AvgIpc) is 2.41. The van der Waals surface area contributed by atoms with Gasteiger partial charge in [0.1, 0.15) is 9.88 Å². The molecule has 2 rings (SSSR count). The highest BCUT2D eigenvalue weighted by Gasteiger charge is 2.15. The van der Waals surface area contributed by atoms with E-state index in [0.29, 0.717) is 16.4 Å². The zero-order valence-corrected chi connectivity index (χ0v) is 12.5. The fourth-order valence-corrected chi connectivity index (χ4v) is 2.67. The van der Waals surface area contributed by atoms with Gasteiger partial charge in [-0.2, -0.15) is 0 Å². The molecule has 1 heterocycles. The molecule has 0 radical (unpaired) electrons. The van der Waals surface area contributed by atoms with Gasteiger partial charge in [-0.3, -0.25) is 9.71 Å². The van der Waals surface area contributed by atoms with Gasteiger partial charge in [-0.05, 0) is 36.4 Å². The van der Waals surface area contributed by atoms with E-state index < -0.39 is 10.0 Å². The molecular formula is C12H10ClN3O2S2. The van der Waals surface area contributed by atoms with E-state index in [9.17, 15) is 8.42 Å². The highest BCUT2D eigenvalue weighted by molar-refractivity contribution is 7.92. The molecule has 0 saturated carbocycles. The lowest BCUT2D eigenvalue weighted by Gasteiger charge is -2.08. The lowest BCUT2D eigenvalue weighted by molar-refractivity contribution is 0.601. The van der Waals surface area contributed by atoms with E-state index in [2.05, 4.69) is 9.71 Å². The van der Waals surface area contributed by atoms with Crippen LogP contribution in [0.1, 0.15) is 5.69 Å².